The Labute approximate surface area is 131 Å². The molecular formula is C15H22N2O2S2. The lowest BCUT2D eigenvalue weighted by atomic mass is 9.95. The van der Waals surface area contributed by atoms with E-state index in [-0.39, 0.29) is 5.75 Å². The summed E-state index contributed by atoms with van der Waals surface area (Å²) >= 11 is 1.51. The van der Waals surface area contributed by atoms with Crippen LogP contribution < -0.4 is 10.5 Å². The fraction of sp³-hybridized carbons (Fsp3) is 0.467. The number of rotatable bonds is 7. The zero-order valence-corrected chi connectivity index (χ0v) is 13.6. The average Bonchev–Trinajstić information content (AvgIpc) is 2.46. The molecule has 3 N–H and O–H groups in total. The van der Waals surface area contributed by atoms with Gasteiger partial charge in [0.1, 0.15) is 0 Å². The maximum atomic E-state index is 12.0. The van der Waals surface area contributed by atoms with Crippen LogP contribution in [-0.2, 0) is 10.0 Å². The first-order chi connectivity index (χ1) is 10.1. The molecule has 0 aliphatic heterocycles. The number of thioether (sulfide) groups is 1. The van der Waals surface area contributed by atoms with E-state index in [4.69, 9.17) is 5.73 Å². The van der Waals surface area contributed by atoms with Crippen molar-refractivity contribution in [3.05, 3.63) is 36.4 Å². The number of nitrogens with two attached hydrogens (primary N) is 1. The third kappa shape index (κ3) is 6.11. The van der Waals surface area contributed by atoms with E-state index in [0.29, 0.717) is 23.9 Å². The first kappa shape index (κ1) is 16.4. The van der Waals surface area contributed by atoms with Crippen molar-refractivity contribution in [2.75, 3.05) is 23.8 Å². The molecule has 0 saturated carbocycles. The second-order valence-electron chi connectivity index (χ2n) is 5.24. The number of allylic oxidation sites excluding steroid dienone is 2. The van der Waals surface area contributed by atoms with E-state index in [2.05, 4.69) is 16.9 Å². The van der Waals surface area contributed by atoms with Gasteiger partial charge in [0.05, 0.1) is 5.75 Å². The number of hydrogen-bond acceptors (Lipinski definition) is 4. The van der Waals surface area contributed by atoms with Crippen LogP contribution in [0.1, 0.15) is 19.3 Å². The summed E-state index contributed by atoms with van der Waals surface area (Å²) in [6.45, 7) is 0.551. The smallest absolute Gasteiger partial charge is 0.212 e. The molecule has 1 aromatic rings. The van der Waals surface area contributed by atoms with E-state index in [1.165, 1.54) is 11.8 Å². The number of nitrogens with one attached hydrogen (secondary N) is 1. The van der Waals surface area contributed by atoms with Gasteiger partial charge in [0.2, 0.25) is 10.0 Å². The molecule has 1 aliphatic rings. The van der Waals surface area contributed by atoms with Gasteiger partial charge in [-0.3, -0.25) is 0 Å². The van der Waals surface area contributed by atoms with E-state index in [1.807, 2.05) is 24.3 Å². The number of anilines is 1. The summed E-state index contributed by atoms with van der Waals surface area (Å²) in [4.78, 5) is 1.00. The molecule has 4 nitrogen and oxygen atoms in total. The van der Waals surface area contributed by atoms with Crippen molar-refractivity contribution in [3.8, 4) is 0 Å². The Morgan fingerprint density at radius 3 is 2.90 bits per heavy atom. The Balaban J connectivity index is 1.72. The standard InChI is InChI=1S/C15H22N2O2S2/c16-14-7-4-8-15(11-14)20-9-10-21(18,19)17-12-13-5-2-1-3-6-13/h1-2,4,7-8,11,13,17H,3,5-6,9-10,12,16H2. The van der Waals surface area contributed by atoms with Crippen LogP contribution in [0.4, 0.5) is 5.69 Å². The molecule has 21 heavy (non-hydrogen) atoms. The summed E-state index contributed by atoms with van der Waals surface area (Å²) in [5.41, 5.74) is 6.40. The van der Waals surface area contributed by atoms with Crippen LogP contribution in [0.5, 0.6) is 0 Å². The molecule has 0 bridgehead atoms. The Morgan fingerprint density at radius 2 is 2.19 bits per heavy atom. The van der Waals surface area contributed by atoms with Gasteiger partial charge in [-0.05, 0) is 43.4 Å². The molecule has 1 unspecified atom stereocenters. The lowest BCUT2D eigenvalue weighted by Gasteiger charge is -2.18. The van der Waals surface area contributed by atoms with Crippen LogP contribution in [0, 0.1) is 5.92 Å². The van der Waals surface area contributed by atoms with Gasteiger partial charge in [-0.2, -0.15) is 0 Å². The lowest BCUT2D eigenvalue weighted by Crippen LogP contribution is -2.32. The number of sulfonamides is 1. The molecule has 0 radical (unpaired) electrons. The summed E-state index contributed by atoms with van der Waals surface area (Å²) in [6, 6.07) is 7.50. The minimum atomic E-state index is -3.19. The predicted octanol–water partition coefficient (Wildman–Crippen LogP) is 2.64. The molecule has 0 fully saturated rings. The Bertz CT molecular complexity index is 585. The summed E-state index contributed by atoms with van der Waals surface area (Å²) in [5, 5.41) is 0. The van der Waals surface area contributed by atoms with Crippen LogP contribution in [0.2, 0.25) is 0 Å². The lowest BCUT2D eigenvalue weighted by molar-refractivity contribution is 0.468. The van der Waals surface area contributed by atoms with E-state index < -0.39 is 10.0 Å². The summed E-state index contributed by atoms with van der Waals surface area (Å²) in [7, 11) is -3.19. The van der Waals surface area contributed by atoms with Crippen molar-refractivity contribution < 1.29 is 8.42 Å². The van der Waals surface area contributed by atoms with Gasteiger partial charge >= 0.3 is 0 Å². The third-order valence-corrected chi connectivity index (χ3v) is 6.05. The molecule has 2 rings (SSSR count). The monoisotopic (exact) mass is 326 g/mol. The molecule has 1 aromatic carbocycles. The van der Waals surface area contributed by atoms with Gasteiger partial charge in [-0.1, -0.05) is 18.2 Å². The van der Waals surface area contributed by atoms with Gasteiger partial charge in [-0.25, -0.2) is 13.1 Å². The largest absolute Gasteiger partial charge is 0.399 e. The Morgan fingerprint density at radius 1 is 1.33 bits per heavy atom. The van der Waals surface area contributed by atoms with E-state index in [1.54, 1.807) is 0 Å². The highest BCUT2D eigenvalue weighted by molar-refractivity contribution is 8.00. The molecule has 1 aliphatic carbocycles. The van der Waals surface area contributed by atoms with Crippen LogP contribution in [0.15, 0.2) is 41.3 Å². The SMILES string of the molecule is Nc1cccc(SCCS(=O)(=O)NCC2CC=CCC2)c1. The summed E-state index contributed by atoms with van der Waals surface area (Å²) in [6.07, 6.45) is 7.39. The van der Waals surface area contributed by atoms with Gasteiger partial charge in [0.25, 0.3) is 0 Å². The number of hydrogen-bond donors (Lipinski definition) is 2. The number of benzene rings is 1. The van der Waals surface area contributed by atoms with E-state index in [0.717, 1.165) is 24.2 Å². The van der Waals surface area contributed by atoms with Crippen molar-refractivity contribution in [3.63, 3.8) is 0 Å². The number of nitrogen functional groups attached to an aromatic ring is 1. The van der Waals surface area contributed by atoms with E-state index in [9.17, 15) is 8.42 Å². The van der Waals surface area contributed by atoms with Crippen LogP contribution in [0.25, 0.3) is 0 Å². The maximum absolute atomic E-state index is 12.0. The fourth-order valence-electron chi connectivity index (χ4n) is 2.23. The summed E-state index contributed by atoms with van der Waals surface area (Å²) < 4.78 is 26.7. The zero-order chi connectivity index (χ0) is 15.1. The Kier molecular flexibility index (Phi) is 6.14. The van der Waals surface area contributed by atoms with Crippen molar-refractivity contribution in [2.45, 2.75) is 24.2 Å². The normalized spacial score (nSPS) is 18.8. The van der Waals surface area contributed by atoms with Crippen LogP contribution in [-0.4, -0.2) is 26.5 Å². The van der Waals surface area contributed by atoms with E-state index >= 15 is 0 Å². The molecule has 0 saturated heterocycles. The van der Waals surface area contributed by atoms with Crippen molar-refractivity contribution in [2.24, 2.45) is 5.92 Å². The molecule has 6 heteroatoms. The predicted molar refractivity (Wildman–Crippen MR) is 89.8 cm³/mol. The third-order valence-electron chi connectivity index (χ3n) is 3.45. The topological polar surface area (TPSA) is 72.2 Å². The molecule has 116 valence electrons. The second-order valence-corrected chi connectivity index (χ2v) is 8.33. The molecule has 0 amide bonds. The van der Waals surface area contributed by atoms with Crippen molar-refractivity contribution in [1.82, 2.24) is 4.72 Å². The first-order valence-electron chi connectivity index (χ1n) is 7.16. The summed E-state index contributed by atoms with van der Waals surface area (Å²) in [5.74, 6) is 1.10. The minimum absolute atomic E-state index is 0.134. The maximum Gasteiger partial charge on any atom is 0.212 e. The fourth-order valence-corrected chi connectivity index (χ4v) is 4.71. The molecule has 0 heterocycles. The van der Waals surface area contributed by atoms with Crippen molar-refractivity contribution >= 4 is 27.5 Å². The second kappa shape index (κ2) is 7.87. The quantitative estimate of drug-likeness (QED) is 0.459. The van der Waals surface area contributed by atoms with Gasteiger partial charge in [0, 0.05) is 22.9 Å². The average molecular weight is 326 g/mol. The van der Waals surface area contributed by atoms with Gasteiger partial charge in [0.15, 0.2) is 0 Å². The molecule has 0 spiro atoms. The highest BCUT2D eigenvalue weighted by atomic mass is 32.2. The molecule has 1 atom stereocenters. The molecular weight excluding hydrogens is 304 g/mol. The van der Waals surface area contributed by atoms with Gasteiger partial charge < -0.3 is 5.73 Å². The zero-order valence-electron chi connectivity index (χ0n) is 12.0. The highest BCUT2D eigenvalue weighted by Gasteiger charge is 2.15. The van der Waals surface area contributed by atoms with Crippen LogP contribution in [0.3, 0.4) is 0 Å². The van der Waals surface area contributed by atoms with Gasteiger partial charge in [-0.15, -0.1) is 11.8 Å². The van der Waals surface area contributed by atoms with Crippen molar-refractivity contribution in [1.29, 1.82) is 0 Å². The minimum Gasteiger partial charge on any atom is -0.399 e. The first-order valence-corrected chi connectivity index (χ1v) is 9.79. The van der Waals surface area contributed by atoms with Crippen LogP contribution >= 0.6 is 11.8 Å². The molecule has 0 aromatic heterocycles. The Hall–Kier alpha value is -0.980. The highest BCUT2D eigenvalue weighted by Crippen LogP contribution is 2.20.